The number of piperidine rings is 1. The van der Waals surface area contributed by atoms with Crippen LogP contribution in [0.3, 0.4) is 0 Å². The normalized spacial score (nSPS) is 19.9. The predicted octanol–water partition coefficient (Wildman–Crippen LogP) is 3.93. The van der Waals surface area contributed by atoms with Crippen LogP contribution in [0, 0.1) is 5.92 Å². The molecule has 1 aromatic carbocycles. The lowest BCUT2D eigenvalue weighted by molar-refractivity contribution is 0.210. The second kappa shape index (κ2) is 7.95. The van der Waals surface area contributed by atoms with Crippen molar-refractivity contribution in [3.63, 3.8) is 0 Å². The van der Waals surface area contributed by atoms with Gasteiger partial charge in [0.2, 0.25) is 11.7 Å². The van der Waals surface area contributed by atoms with E-state index in [4.69, 9.17) is 4.52 Å². The summed E-state index contributed by atoms with van der Waals surface area (Å²) in [6.45, 7) is 7.10. The monoisotopic (exact) mass is 389 g/mol. The molecule has 1 saturated heterocycles. The second-order valence-electron chi connectivity index (χ2n) is 8.34. The van der Waals surface area contributed by atoms with E-state index in [-0.39, 0.29) is 0 Å². The van der Waals surface area contributed by atoms with Gasteiger partial charge < -0.3 is 9.42 Å². The molecule has 0 bridgehead atoms. The van der Waals surface area contributed by atoms with Gasteiger partial charge in [0.15, 0.2) is 0 Å². The maximum absolute atomic E-state index is 5.53. The highest BCUT2D eigenvalue weighted by Crippen LogP contribution is 2.24. The van der Waals surface area contributed by atoms with Crippen molar-refractivity contribution < 1.29 is 4.52 Å². The third kappa shape index (κ3) is 4.03. The minimum atomic E-state index is 0.614. The van der Waals surface area contributed by atoms with Gasteiger partial charge >= 0.3 is 0 Å². The third-order valence-corrected chi connectivity index (χ3v) is 6.02. The highest BCUT2D eigenvalue weighted by molar-refractivity contribution is 5.56. The van der Waals surface area contributed by atoms with Gasteiger partial charge in [-0.3, -0.25) is 4.90 Å². The third-order valence-electron chi connectivity index (χ3n) is 6.02. The van der Waals surface area contributed by atoms with Gasteiger partial charge in [0.25, 0.3) is 0 Å². The van der Waals surface area contributed by atoms with Crippen LogP contribution in [-0.2, 0) is 19.5 Å². The minimum absolute atomic E-state index is 0.614. The van der Waals surface area contributed by atoms with Gasteiger partial charge in [-0.05, 0) is 48.4 Å². The summed E-state index contributed by atoms with van der Waals surface area (Å²) in [6, 6.07) is 12.8. The average molecular weight is 390 g/mol. The minimum Gasteiger partial charge on any atom is -0.356 e. The lowest BCUT2D eigenvalue weighted by Gasteiger charge is -2.31. The predicted molar refractivity (Wildman–Crippen MR) is 112 cm³/mol. The SMILES string of the molecule is C[C@H]1CCCN(c2ccc(-c3noc(CN4CCc5ccccc5C4)n3)cn2)C1. The van der Waals surface area contributed by atoms with Crippen LogP contribution < -0.4 is 4.90 Å². The van der Waals surface area contributed by atoms with Gasteiger partial charge in [-0.1, -0.05) is 36.3 Å². The largest absolute Gasteiger partial charge is 0.356 e. The van der Waals surface area contributed by atoms with Crippen LogP contribution in [0.2, 0.25) is 0 Å². The van der Waals surface area contributed by atoms with Gasteiger partial charge in [0, 0.05) is 37.9 Å². The van der Waals surface area contributed by atoms with Crippen molar-refractivity contribution in [1.29, 1.82) is 0 Å². The van der Waals surface area contributed by atoms with Crippen molar-refractivity contribution in [3.8, 4) is 11.4 Å². The fourth-order valence-electron chi connectivity index (χ4n) is 4.42. The Bertz CT molecular complexity index is 967. The summed E-state index contributed by atoms with van der Waals surface area (Å²) in [6.07, 6.45) is 5.47. The molecule has 6 heteroatoms. The van der Waals surface area contributed by atoms with Gasteiger partial charge in [0.05, 0.1) is 6.54 Å². The molecular formula is C23H27N5O. The molecule has 0 N–H and O–H groups in total. The summed E-state index contributed by atoms with van der Waals surface area (Å²) in [4.78, 5) is 14.0. The molecular weight excluding hydrogens is 362 g/mol. The Labute approximate surface area is 171 Å². The summed E-state index contributed by atoms with van der Waals surface area (Å²) in [5.74, 6) is 3.04. The van der Waals surface area contributed by atoms with E-state index in [0.29, 0.717) is 18.3 Å². The molecule has 2 aromatic heterocycles. The summed E-state index contributed by atoms with van der Waals surface area (Å²) < 4.78 is 5.53. The molecule has 0 amide bonds. The Balaban J connectivity index is 1.24. The number of pyridine rings is 1. The van der Waals surface area contributed by atoms with Crippen LogP contribution in [0.5, 0.6) is 0 Å². The van der Waals surface area contributed by atoms with Crippen molar-refractivity contribution in [1.82, 2.24) is 20.0 Å². The standard InChI is InChI=1S/C23H27N5O/c1-17-5-4-11-28(14-17)21-9-8-19(13-24-21)23-25-22(29-26-23)16-27-12-10-18-6-2-3-7-20(18)15-27/h2-3,6-9,13,17H,4-5,10-12,14-16H2,1H3/t17-/m0/s1. The molecule has 6 nitrogen and oxygen atoms in total. The first kappa shape index (κ1) is 18.3. The van der Waals surface area contributed by atoms with E-state index >= 15 is 0 Å². The molecule has 2 aliphatic rings. The average Bonchev–Trinajstić information content (AvgIpc) is 3.22. The Morgan fingerprint density at radius 1 is 1.10 bits per heavy atom. The fraction of sp³-hybridized carbons (Fsp3) is 0.435. The van der Waals surface area contributed by atoms with E-state index in [1.54, 1.807) is 0 Å². The molecule has 0 unspecified atom stereocenters. The molecule has 0 aliphatic carbocycles. The first-order valence-corrected chi connectivity index (χ1v) is 10.6. The van der Waals surface area contributed by atoms with Gasteiger partial charge in [-0.25, -0.2) is 4.98 Å². The first-order chi connectivity index (χ1) is 14.2. The molecule has 3 aromatic rings. The number of aromatic nitrogens is 3. The van der Waals surface area contributed by atoms with Crippen LogP contribution in [0.25, 0.3) is 11.4 Å². The molecule has 4 heterocycles. The molecule has 0 saturated carbocycles. The van der Waals surface area contributed by atoms with Gasteiger partial charge in [0.1, 0.15) is 5.82 Å². The second-order valence-corrected chi connectivity index (χ2v) is 8.34. The number of hydrogen-bond donors (Lipinski definition) is 0. The number of benzene rings is 1. The van der Waals surface area contributed by atoms with Crippen molar-refractivity contribution in [3.05, 3.63) is 59.6 Å². The summed E-state index contributed by atoms with van der Waals surface area (Å²) in [7, 11) is 0. The maximum atomic E-state index is 5.53. The van der Waals surface area contributed by atoms with Crippen molar-refractivity contribution >= 4 is 5.82 Å². The molecule has 29 heavy (non-hydrogen) atoms. The van der Waals surface area contributed by atoms with E-state index < -0.39 is 0 Å². The number of nitrogens with zero attached hydrogens (tertiary/aromatic N) is 5. The van der Waals surface area contributed by atoms with Crippen LogP contribution in [0.1, 0.15) is 36.8 Å². The highest BCUT2D eigenvalue weighted by atomic mass is 16.5. The molecule has 150 valence electrons. The lowest BCUT2D eigenvalue weighted by atomic mass is 10.00. The lowest BCUT2D eigenvalue weighted by Crippen LogP contribution is -2.34. The molecule has 5 rings (SSSR count). The van der Waals surface area contributed by atoms with Crippen LogP contribution in [0.15, 0.2) is 47.1 Å². The number of fused-ring (bicyclic) bond motifs is 1. The van der Waals surface area contributed by atoms with E-state index in [1.165, 1.54) is 24.0 Å². The molecule has 0 spiro atoms. The summed E-state index contributed by atoms with van der Waals surface area (Å²) in [5.41, 5.74) is 3.74. The molecule has 2 aliphatic heterocycles. The first-order valence-electron chi connectivity index (χ1n) is 10.6. The zero-order valence-electron chi connectivity index (χ0n) is 16.9. The Morgan fingerprint density at radius 3 is 2.83 bits per heavy atom. The van der Waals surface area contributed by atoms with Gasteiger partial charge in [-0.15, -0.1) is 0 Å². The fourth-order valence-corrected chi connectivity index (χ4v) is 4.42. The van der Waals surface area contributed by atoms with Gasteiger partial charge in [-0.2, -0.15) is 4.98 Å². The van der Waals surface area contributed by atoms with Crippen LogP contribution >= 0.6 is 0 Å². The molecule has 1 atom stereocenters. The maximum Gasteiger partial charge on any atom is 0.241 e. The Hall–Kier alpha value is -2.73. The van der Waals surface area contributed by atoms with E-state index in [2.05, 4.69) is 62.2 Å². The molecule has 0 radical (unpaired) electrons. The summed E-state index contributed by atoms with van der Waals surface area (Å²) >= 11 is 0. The zero-order chi connectivity index (χ0) is 19.6. The van der Waals surface area contributed by atoms with E-state index in [0.717, 1.165) is 49.9 Å². The van der Waals surface area contributed by atoms with E-state index in [9.17, 15) is 0 Å². The number of hydrogen-bond acceptors (Lipinski definition) is 6. The number of anilines is 1. The van der Waals surface area contributed by atoms with Crippen molar-refractivity contribution in [2.75, 3.05) is 24.5 Å². The van der Waals surface area contributed by atoms with Crippen LogP contribution in [0.4, 0.5) is 5.82 Å². The highest BCUT2D eigenvalue weighted by Gasteiger charge is 2.20. The zero-order valence-corrected chi connectivity index (χ0v) is 16.9. The van der Waals surface area contributed by atoms with Crippen LogP contribution in [-0.4, -0.2) is 39.7 Å². The Kier molecular flexibility index (Phi) is 5.02. The van der Waals surface area contributed by atoms with Crippen molar-refractivity contribution in [2.24, 2.45) is 5.92 Å². The Morgan fingerprint density at radius 2 is 2.00 bits per heavy atom. The smallest absolute Gasteiger partial charge is 0.241 e. The van der Waals surface area contributed by atoms with E-state index in [1.807, 2.05) is 12.3 Å². The number of rotatable bonds is 4. The topological polar surface area (TPSA) is 58.3 Å². The van der Waals surface area contributed by atoms with Crippen molar-refractivity contribution in [2.45, 2.75) is 39.3 Å². The molecule has 1 fully saturated rings. The quantitative estimate of drug-likeness (QED) is 0.674. The summed E-state index contributed by atoms with van der Waals surface area (Å²) in [5, 5.41) is 4.18.